The SMILES string of the molecule is CCN(CC)CCNC(=O)C(=O)NC[C@@H]1CCCN1S(=O)(=O)c1ccc(OC)cc1. The molecule has 0 bridgehead atoms. The number of rotatable bonds is 10. The van der Waals surface area contributed by atoms with Crippen LogP contribution in [0.25, 0.3) is 0 Å². The summed E-state index contributed by atoms with van der Waals surface area (Å²) in [6.07, 6.45) is 1.32. The number of nitrogens with one attached hydrogen (secondary N) is 2. The van der Waals surface area contributed by atoms with Crippen molar-refractivity contribution in [2.45, 2.75) is 37.6 Å². The lowest BCUT2D eigenvalue weighted by atomic mass is 10.2. The first-order valence-electron chi connectivity index (χ1n) is 10.3. The van der Waals surface area contributed by atoms with Gasteiger partial charge in [-0.1, -0.05) is 13.8 Å². The molecule has 1 saturated heterocycles. The highest BCUT2D eigenvalue weighted by molar-refractivity contribution is 7.89. The molecule has 2 amide bonds. The number of carbonyl (C=O) groups is 2. The summed E-state index contributed by atoms with van der Waals surface area (Å²) in [6.45, 7) is 7.34. The molecule has 9 nitrogen and oxygen atoms in total. The molecule has 0 aromatic heterocycles. The van der Waals surface area contributed by atoms with Crippen LogP contribution in [-0.2, 0) is 19.6 Å². The second-order valence-electron chi connectivity index (χ2n) is 7.08. The first-order chi connectivity index (χ1) is 14.3. The minimum Gasteiger partial charge on any atom is -0.497 e. The molecule has 10 heteroatoms. The Morgan fingerprint density at radius 2 is 1.77 bits per heavy atom. The number of sulfonamides is 1. The van der Waals surface area contributed by atoms with E-state index in [-0.39, 0.29) is 17.5 Å². The van der Waals surface area contributed by atoms with E-state index in [0.717, 1.165) is 13.1 Å². The Kier molecular flexibility index (Phi) is 9.07. The van der Waals surface area contributed by atoms with Crippen LogP contribution in [0.1, 0.15) is 26.7 Å². The third-order valence-electron chi connectivity index (χ3n) is 5.30. The Labute approximate surface area is 178 Å². The zero-order valence-electron chi connectivity index (χ0n) is 17.9. The Hall–Kier alpha value is -2.17. The van der Waals surface area contributed by atoms with Gasteiger partial charge in [0.15, 0.2) is 0 Å². The quantitative estimate of drug-likeness (QED) is 0.511. The number of methoxy groups -OCH3 is 1. The molecule has 0 unspecified atom stereocenters. The van der Waals surface area contributed by atoms with E-state index in [1.165, 1.54) is 23.5 Å². The molecule has 2 rings (SSSR count). The van der Waals surface area contributed by atoms with Crippen molar-refractivity contribution in [1.82, 2.24) is 19.8 Å². The van der Waals surface area contributed by atoms with E-state index in [9.17, 15) is 18.0 Å². The first kappa shape index (κ1) is 24.1. The summed E-state index contributed by atoms with van der Waals surface area (Å²) in [5.74, 6) is -0.876. The van der Waals surface area contributed by atoms with Gasteiger partial charge in [0.25, 0.3) is 0 Å². The molecule has 0 saturated carbocycles. The summed E-state index contributed by atoms with van der Waals surface area (Å²) in [6, 6.07) is 5.83. The Bertz CT molecular complexity index is 809. The Morgan fingerprint density at radius 1 is 1.13 bits per heavy atom. The molecule has 1 aliphatic rings. The van der Waals surface area contributed by atoms with Gasteiger partial charge in [0, 0.05) is 32.2 Å². The summed E-state index contributed by atoms with van der Waals surface area (Å²) >= 11 is 0. The first-order valence-corrected chi connectivity index (χ1v) is 11.7. The Morgan fingerprint density at radius 3 is 2.37 bits per heavy atom. The maximum Gasteiger partial charge on any atom is 0.309 e. The van der Waals surface area contributed by atoms with E-state index in [1.807, 2.05) is 13.8 Å². The van der Waals surface area contributed by atoms with Crippen LogP contribution in [0.3, 0.4) is 0 Å². The van der Waals surface area contributed by atoms with Crippen LogP contribution in [0.5, 0.6) is 5.75 Å². The van der Waals surface area contributed by atoms with Gasteiger partial charge in [-0.3, -0.25) is 9.59 Å². The van der Waals surface area contributed by atoms with Crippen molar-refractivity contribution in [2.24, 2.45) is 0 Å². The third kappa shape index (κ3) is 6.16. The number of nitrogens with zero attached hydrogens (tertiary/aromatic N) is 2. The molecule has 0 spiro atoms. The fourth-order valence-electron chi connectivity index (χ4n) is 3.45. The smallest absolute Gasteiger partial charge is 0.309 e. The van der Waals surface area contributed by atoms with Gasteiger partial charge in [0.05, 0.1) is 12.0 Å². The zero-order valence-corrected chi connectivity index (χ0v) is 18.7. The number of benzene rings is 1. The molecular weight excluding hydrogens is 408 g/mol. The molecule has 1 aliphatic heterocycles. The van der Waals surface area contributed by atoms with Gasteiger partial charge in [-0.2, -0.15) is 4.31 Å². The highest BCUT2D eigenvalue weighted by Crippen LogP contribution is 2.26. The molecule has 1 atom stereocenters. The summed E-state index contributed by atoms with van der Waals surface area (Å²) in [7, 11) is -2.17. The zero-order chi connectivity index (χ0) is 22.1. The van der Waals surface area contributed by atoms with Gasteiger partial charge < -0.3 is 20.3 Å². The van der Waals surface area contributed by atoms with Crippen molar-refractivity contribution < 1.29 is 22.7 Å². The van der Waals surface area contributed by atoms with Crippen molar-refractivity contribution >= 4 is 21.8 Å². The lowest BCUT2D eigenvalue weighted by Gasteiger charge is -2.24. The topological polar surface area (TPSA) is 108 Å². The molecule has 1 fully saturated rings. The molecule has 0 aliphatic carbocycles. The third-order valence-corrected chi connectivity index (χ3v) is 7.27. The highest BCUT2D eigenvalue weighted by atomic mass is 32.2. The summed E-state index contributed by atoms with van der Waals surface area (Å²) in [5.41, 5.74) is 0. The van der Waals surface area contributed by atoms with Crippen LogP contribution < -0.4 is 15.4 Å². The molecule has 2 N–H and O–H groups in total. The highest BCUT2D eigenvalue weighted by Gasteiger charge is 2.35. The van der Waals surface area contributed by atoms with Crippen molar-refractivity contribution in [3.8, 4) is 5.75 Å². The minimum atomic E-state index is -3.69. The van der Waals surface area contributed by atoms with Crippen LogP contribution in [-0.4, -0.2) is 81.9 Å². The molecule has 1 aromatic carbocycles. The summed E-state index contributed by atoms with van der Waals surface area (Å²) in [5, 5.41) is 5.17. The number of ether oxygens (including phenoxy) is 1. The van der Waals surface area contributed by atoms with Crippen LogP contribution in [0.2, 0.25) is 0 Å². The normalized spacial score (nSPS) is 17.1. The molecule has 1 aromatic rings. The largest absolute Gasteiger partial charge is 0.497 e. The molecular formula is C20H32N4O5S. The van der Waals surface area contributed by atoms with Crippen molar-refractivity contribution in [1.29, 1.82) is 0 Å². The fourth-order valence-corrected chi connectivity index (χ4v) is 5.14. The lowest BCUT2D eigenvalue weighted by Crippen LogP contribution is -2.47. The van der Waals surface area contributed by atoms with Crippen molar-refractivity contribution in [3.05, 3.63) is 24.3 Å². The van der Waals surface area contributed by atoms with Gasteiger partial charge in [0.2, 0.25) is 10.0 Å². The predicted molar refractivity (Wildman–Crippen MR) is 114 cm³/mol. The van der Waals surface area contributed by atoms with Crippen molar-refractivity contribution in [2.75, 3.05) is 46.4 Å². The maximum atomic E-state index is 13.0. The van der Waals surface area contributed by atoms with Gasteiger partial charge >= 0.3 is 11.8 Å². The average Bonchev–Trinajstić information content (AvgIpc) is 3.24. The van der Waals surface area contributed by atoms with Gasteiger partial charge in [-0.15, -0.1) is 0 Å². The van der Waals surface area contributed by atoms with Crippen LogP contribution >= 0.6 is 0 Å². The molecule has 168 valence electrons. The molecule has 1 heterocycles. The lowest BCUT2D eigenvalue weighted by molar-refractivity contribution is -0.139. The van der Waals surface area contributed by atoms with E-state index < -0.39 is 21.8 Å². The Balaban J connectivity index is 1.89. The second kappa shape index (κ2) is 11.3. The minimum absolute atomic E-state index is 0.0949. The van der Waals surface area contributed by atoms with E-state index in [4.69, 9.17) is 4.74 Å². The van der Waals surface area contributed by atoms with Gasteiger partial charge in [-0.05, 0) is 50.2 Å². The monoisotopic (exact) mass is 440 g/mol. The van der Waals surface area contributed by atoms with Crippen LogP contribution in [0.15, 0.2) is 29.2 Å². The second-order valence-corrected chi connectivity index (χ2v) is 8.97. The van der Waals surface area contributed by atoms with Crippen molar-refractivity contribution in [3.63, 3.8) is 0 Å². The number of hydrogen-bond acceptors (Lipinski definition) is 6. The average molecular weight is 441 g/mol. The van der Waals surface area contributed by atoms with Crippen LogP contribution in [0, 0.1) is 0 Å². The van der Waals surface area contributed by atoms with E-state index in [2.05, 4.69) is 15.5 Å². The number of amides is 2. The summed E-state index contributed by atoms with van der Waals surface area (Å²) in [4.78, 5) is 26.4. The standard InChI is InChI=1S/C20H32N4O5S/c1-4-23(5-2)14-12-21-19(25)20(26)22-15-16-7-6-13-24(16)30(27,28)18-10-8-17(29-3)9-11-18/h8-11,16H,4-7,12-15H2,1-3H3,(H,21,25)(H,22,26)/t16-/m0/s1. The number of carbonyl (C=O) groups excluding carboxylic acids is 2. The predicted octanol–water partition coefficient (Wildman–Crippen LogP) is 0.423. The summed E-state index contributed by atoms with van der Waals surface area (Å²) < 4.78 is 32.4. The van der Waals surface area contributed by atoms with Gasteiger partial charge in [0.1, 0.15) is 5.75 Å². The molecule has 0 radical (unpaired) electrons. The van der Waals surface area contributed by atoms with E-state index in [0.29, 0.717) is 38.2 Å². The van der Waals surface area contributed by atoms with E-state index >= 15 is 0 Å². The fraction of sp³-hybridized carbons (Fsp3) is 0.600. The number of hydrogen-bond donors (Lipinski definition) is 2. The molecule has 30 heavy (non-hydrogen) atoms. The number of likely N-dealkylation sites (N-methyl/N-ethyl adjacent to an activating group) is 1. The van der Waals surface area contributed by atoms with Gasteiger partial charge in [-0.25, -0.2) is 8.42 Å². The van der Waals surface area contributed by atoms with E-state index in [1.54, 1.807) is 12.1 Å². The van der Waals surface area contributed by atoms with Crippen LogP contribution in [0.4, 0.5) is 0 Å². The maximum absolute atomic E-state index is 13.0.